The van der Waals surface area contributed by atoms with Crippen LogP contribution in [0.1, 0.15) is 23.6 Å². The number of benzene rings is 2. The van der Waals surface area contributed by atoms with Crippen molar-refractivity contribution in [2.45, 2.75) is 26.4 Å². The van der Waals surface area contributed by atoms with E-state index in [0.29, 0.717) is 6.61 Å². The zero-order chi connectivity index (χ0) is 14.7. The van der Waals surface area contributed by atoms with E-state index in [1.54, 1.807) is 0 Å². The van der Waals surface area contributed by atoms with Crippen LogP contribution in [0, 0.1) is 0 Å². The molecule has 0 spiro atoms. The van der Waals surface area contributed by atoms with E-state index in [-0.39, 0.29) is 0 Å². The van der Waals surface area contributed by atoms with Gasteiger partial charge in [0, 0.05) is 30.9 Å². The van der Waals surface area contributed by atoms with Gasteiger partial charge in [0.15, 0.2) is 0 Å². The van der Waals surface area contributed by atoms with Crippen LogP contribution < -0.4 is 10.5 Å². The van der Waals surface area contributed by atoms with Crippen molar-refractivity contribution >= 4 is 5.69 Å². The SMILES string of the molecule is CCOc1ccccc1CN1CCc2cccc(N)c2C1. The molecule has 0 aliphatic carbocycles. The van der Waals surface area contributed by atoms with Crippen LogP contribution in [0.2, 0.25) is 0 Å². The van der Waals surface area contributed by atoms with Gasteiger partial charge in [-0.05, 0) is 36.6 Å². The predicted molar refractivity (Wildman–Crippen MR) is 86.3 cm³/mol. The van der Waals surface area contributed by atoms with Crippen molar-refractivity contribution in [2.75, 3.05) is 18.9 Å². The maximum atomic E-state index is 6.12. The van der Waals surface area contributed by atoms with E-state index in [4.69, 9.17) is 10.5 Å². The smallest absolute Gasteiger partial charge is 0.123 e. The summed E-state index contributed by atoms with van der Waals surface area (Å²) in [6, 6.07) is 14.5. The topological polar surface area (TPSA) is 38.5 Å². The van der Waals surface area contributed by atoms with Crippen LogP contribution in [0.5, 0.6) is 5.75 Å². The first-order chi connectivity index (χ1) is 10.3. The molecule has 0 saturated heterocycles. The normalized spacial score (nSPS) is 14.7. The molecule has 0 amide bonds. The molecular formula is C18H22N2O. The highest BCUT2D eigenvalue weighted by Gasteiger charge is 2.19. The fourth-order valence-corrected chi connectivity index (χ4v) is 2.97. The van der Waals surface area contributed by atoms with Crippen molar-refractivity contribution < 1.29 is 4.74 Å². The molecule has 3 nitrogen and oxygen atoms in total. The molecule has 0 radical (unpaired) electrons. The van der Waals surface area contributed by atoms with E-state index in [9.17, 15) is 0 Å². The van der Waals surface area contributed by atoms with Gasteiger partial charge in [-0.25, -0.2) is 0 Å². The van der Waals surface area contributed by atoms with Crippen molar-refractivity contribution in [3.63, 3.8) is 0 Å². The molecule has 1 aliphatic heterocycles. The lowest BCUT2D eigenvalue weighted by atomic mass is 9.97. The summed E-state index contributed by atoms with van der Waals surface area (Å²) in [6.07, 6.45) is 1.07. The van der Waals surface area contributed by atoms with E-state index in [0.717, 1.165) is 37.5 Å². The minimum atomic E-state index is 0.701. The molecular weight excluding hydrogens is 260 g/mol. The average molecular weight is 282 g/mol. The van der Waals surface area contributed by atoms with Crippen LogP contribution >= 0.6 is 0 Å². The van der Waals surface area contributed by atoms with Gasteiger partial charge in [0.25, 0.3) is 0 Å². The molecule has 21 heavy (non-hydrogen) atoms. The number of hydrogen-bond donors (Lipinski definition) is 1. The lowest BCUT2D eigenvalue weighted by Crippen LogP contribution is -2.30. The zero-order valence-corrected chi connectivity index (χ0v) is 12.5. The lowest BCUT2D eigenvalue weighted by Gasteiger charge is -2.30. The quantitative estimate of drug-likeness (QED) is 0.875. The Kier molecular flexibility index (Phi) is 4.11. The standard InChI is InChI=1S/C18H22N2O/c1-2-21-18-9-4-3-6-15(18)12-20-11-10-14-7-5-8-17(19)16(14)13-20/h3-9H,2,10-13,19H2,1H3. The molecule has 1 heterocycles. The van der Waals surface area contributed by atoms with Crippen molar-refractivity contribution in [1.29, 1.82) is 0 Å². The number of nitrogens with two attached hydrogens (primary N) is 1. The third kappa shape index (κ3) is 3.03. The molecule has 2 N–H and O–H groups in total. The molecule has 3 heteroatoms. The van der Waals surface area contributed by atoms with E-state index in [2.05, 4.69) is 23.1 Å². The summed E-state index contributed by atoms with van der Waals surface area (Å²) in [5.74, 6) is 0.992. The number of fused-ring (bicyclic) bond motifs is 1. The van der Waals surface area contributed by atoms with Crippen LogP contribution in [0.3, 0.4) is 0 Å². The monoisotopic (exact) mass is 282 g/mol. The molecule has 0 atom stereocenters. The Labute approximate surface area is 126 Å². The van der Waals surface area contributed by atoms with Crippen molar-refractivity contribution in [1.82, 2.24) is 4.90 Å². The summed E-state index contributed by atoms with van der Waals surface area (Å²) in [4.78, 5) is 2.44. The van der Waals surface area contributed by atoms with Gasteiger partial charge >= 0.3 is 0 Å². The Bertz CT molecular complexity index is 624. The number of anilines is 1. The molecule has 110 valence electrons. The van der Waals surface area contributed by atoms with Crippen molar-refractivity contribution in [2.24, 2.45) is 0 Å². The molecule has 2 aromatic rings. The highest BCUT2D eigenvalue weighted by Crippen LogP contribution is 2.27. The summed E-state index contributed by atoms with van der Waals surface area (Å²) < 4.78 is 5.72. The fraction of sp³-hybridized carbons (Fsp3) is 0.333. The first kappa shape index (κ1) is 14.0. The highest BCUT2D eigenvalue weighted by molar-refractivity contribution is 5.51. The van der Waals surface area contributed by atoms with Gasteiger partial charge in [0.05, 0.1) is 6.61 Å². The largest absolute Gasteiger partial charge is 0.494 e. The van der Waals surface area contributed by atoms with E-state index in [1.165, 1.54) is 16.7 Å². The van der Waals surface area contributed by atoms with Crippen LogP contribution in [-0.4, -0.2) is 18.1 Å². The van der Waals surface area contributed by atoms with E-state index >= 15 is 0 Å². The Balaban J connectivity index is 1.77. The Morgan fingerprint density at radius 2 is 2.00 bits per heavy atom. The molecule has 2 aromatic carbocycles. The fourth-order valence-electron chi connectivity index (χ4n) is 2.97. The summed E-state index contributed by atoms with van der Waals surface area (Å²) in [5, 5.41) is 0. The number of para-hydroxylation sites is 1. The summed E-state index contributed by atoms with van der Waals surface area (Å²) in [5.41, 5.74) is 11.0. The molecule has 1 aliphatic rings. The van der Waals surface area contributed by atoms with Crippen LogP contribution in [0.25, 0.3) is 0 Å². The minimum Gasteiger partial charge on any atom is -0.494 e. The van der Waals surface area contributed by atoms with Gasteiger partial charge in [-0.2, -0.15) is 0 Å². The number of nitrogen functional groups attached to an aromatic ring is 1. The van der Waals surface area contributed by atoms with E-state index in [1.807, 2.05) is 31.2 Å². The third-order valence-electron chi connectivity index (χ3n) is 4.05. The summed E-state index contributed by atoms with van der Waals surface area (Å²) in [7, 11) is 0. The molecule has 0 bridgehead atoms. The zero-order valence-electron chi connectivity index (χ0n) is 12.5. The number of ether oxygens (including phenoxy) is 1. The van der Waals surface area contributed by atoms with Gasteiger partial charge in [0.1, 0.15) is 5.75 Å². The second kappa shape index (κ2) is 6.19. The van der Waals surface area contributed by atoms with Crippen molar-refractivity contribution in [3.05, 3.63) is 59.2 Å². The van der Waals surface area contributed by atoms with Gasteiger partial charge in [-0.3, -0.25) is 4.90 Å². The number of nitrogens with zero attached hydrogens (tertiary/aromatic N) is 1. The number of rotatable bonds is 4. The molecule has 0 aromatic heterocycles. The van der Waals surface area contributed by atoms with Crippen LogP contribution in [0.15, 0.2) is 42.5 Å². The first-order valence-corrected chi connectivity index (χ1v) is 7.57. The van der Waals surface area contributed by atoms with E-state index < -0.39 is 0 Å². The first-order valence-electron chi connectivity index (χ1n) is 7.57. The van der Waals surface area contributed by atoms with Gasteiger partial charge < -0.3 is 10.5 Å². The van der Waals surface area contributed by atoms with Crippen LogP contribution in [0.4, 0.5) is 5.69 Å². The number of hydrogen-bond acceptors (Lipinski definition) is 3. The third-order valence-corrected chi connectivity index (χ3v) is 4.05. The highest BCUT2D eigenvalue weighted by atomic mass is 16.5. The second-order valence-electron chi connectivity index (χ2n) is 5.49. The van der Waals surface area contributed by atoms with Crippen molar-refractivity contribution in [3.8, 4) is 5.75 Å². The predicted octanol–water partition coefficient (Wildman–Crippen LogP) is 3.23. The Morgan fingerprint density at radius 3 is 2.86 bits per heavy atom. The maximum absolute atomic E-state index is 6.12. The summed E-state index contributed by atoms with van der Waals surface area (Å²) >= 11 is 0. The van der Waals surface area contributed by atoms with Crippen LogP contribution in [-0.2, 0) is 19.5 Å². The van der Waals surface area contributed by atoms with Gasteiger partial charge in [0.2, 0.25) is 0 Å². The summed E-state index contributed by atoms with van der Waals surface area (Å²) in [6.45, 7) is 5.62. The molecule has 0 fully saturated rings. The van der Waals surface area contributed by atoms with Gasteiger partial charge in [-0.15, -0.1) is 0 Å². The average Bonchev–Trinajstić information content (AvgIpc) is 2.50. The Hall–Kier alpha value is -2.00. The molecule has 3 rings (SSSR count). The minimum absolute atomic E-state index is 0.701. The van der Waals surface area contributed by atoms with Gasteiger partial charge in [-0.1, -0.05) is 30.3 Å². The second-order valence-corrected chi connectivity index (χ2v) is 5.49. The Morgan fingerprint density at radius 1 is 1.14 bits per heavy atom. The molecule has 0 saturated carbocycles. The lowest BCUT2D eigenvalue weighted by molar-refractivity contribution is 0.240. The maximum Gasteiger partial charge on any atom is 0.123 e. The molecule has 0 unspecified atom stereocenters.